The molecule has 0 spiro atoms. The lowest BCUT2D eigenvalue weighted by atomic mass is 10.1. The minimum atomic E-state index is -0.0434. The third kappa shape index (κ3) is 5.26. The topological polar surface area (TPSA) is 49.4 Å². The highest BCUT2D eigenvalue weighted by atomic mass is 35.5. The van der Waals surface area contributed by atoms with Crippen molar-refractivity contribution in [2.45, 2.75) is 18.6 Å². The van der Waals surface area contributed by atoms with Gasteiger partial charge in [0.05, 0.1) is 5.75 Å². The summed E-state index contributed by atoms with van der Waals surface area (Å²) in [5.41, 5.74) is 2.58. The fraction of sp³-hybridized carbons (Fsp3) is 0.300. The summed E-state index contributed by atoms with van der Waals surface area (Å²) in [4.78, 5) is 26.2. The van der Waals surface area contributed by atoms with Crippen LogP contribution in [0.25, 0.3) is 0 Å². The molecule has 1 heterocycles. The van der Waals surface area contributed by atoms with Crippen molar-refractivity contribution >= 4 is 40.9 Å². The van der Waals surface area contributed by atoms with E-state index in [-0.39, 0.29) is 11.8 Å². The molecule has 0 bridgehead atoms. The van der Waals surface area contributed by atoms with Gasteiger partial charge in [-0.15, -0.1) is 11.8 Å². The molecule has 1 saturated heterocycles. The van der Waals surface area contributed by atoms with E-state index in [2.05, 4.69) is 5.32 Å². The van der Waals surface area contributed by atoms with Crippen LogP contribution in [0.1, 0.15) is 28.8 Å². The zero-order valence-electron chi connectivity index (χ0n) is 14.4. The highest BCUT2D eigenvalue weighted by Gasteiger charge is 2.19. The molecule has 0 atom stereocenters. The maximum atomic E-state index is 12.3. The van der Waals surface area contributed by atoms with Crippen LogP contribution >= 0.6 is 23.4 Å². The third-order valence-electron chi connectivity index (χ3n) is 4.22. The maximum absolute atomic E-state index is 12.3. The summed E-state index contributed by atoms with van der Waals surface area (Å²) < 4.78 is 0. The number of thioether (sulfide) groups is 1. The second-order valence-corrected chi connectivity index (χ2v) is 7.67. The Kier molecular flexibility index (Phi) is 6.58. The summed E-state index contributed by atoms with van der Waals surface area (Å²) in [6.45, 7) is 1.72. The first-order valence-electron chi connectivity index (χ1n) is 8.63. The molecule has 0 unspecified atom stereocenters. The first-order valence-corrected chi connectivity index (χ1v) is 10.2. The van der Waals surface area contributed by atoms with Gasteiger partial charge in [0.1, 0.15) is 0 Å². The van der Waals surface area contributed by atoms with Gasteiger partial charge in [0, 0.05) is 35.1 Å². The fourth-order valence-electron chi connectivity index (χ4n) is 2.84. The van der Waals surface area contributed by atoms with Crippen LogP contribution in [0.4, 0.5) is 5.69 Å². The van der Waals surface area contributed by atoms with Crippen molar-refractivity contribution in [3.63, 3.8) is 0 Å². The van der Waals surface area contributed by atoms with Crippen molar-refractivity contribution in [3.05, 3.63) is 64.7 Å². The van der Waals surface area contributed by atoms with Crippen LogP contribution in [0.2, 0.25) is 5.02 Å². The molecule has 4 nitrogen and oxygen atoms in total. The summed E-state index contributed by atoms with van der Waals surface area (Å²) in [7, 11) is 0. The summed E-state index contributed by atoms with van der Waals surface area (Å²) in [6, 6.07) is 14.7. The standard InChI is InChI=1S/C20H21ClN2O2S/c21-17-7-9-18(10-8-17)22-19(24)14-26-13-15-3-5-16(6-4-15)20(25)23-11-1-2-12-23/h3-10H,1-2,11-14H2,(H,22,24). The summed E-state index contributed by atoms with van der Waals surface area (Å²) in [6.07, 6.45) is 2.19. The van der Waals surface area contributed by atoms with Crippen molar-refractivity contribution in [1.82, 2.24) is 4.90 Å². The summed E-state index contributed by atoms with van der Waals surface area (Å²) in [5, 5.41) is 3.48. The second kappa shape index (κ2) is 9.10. The number of likely N-dealkylation sites (tertiary alicyclic amines) is 1. The number of carbonyl (C=O) groups is 2. The molecule has 2 amide bonds. The van der Waals surface area contributed by atoms with Gasteiger partial charge in [-0.3, -0.25) is 9.59 Å². The number of hydrogen-bond donors (Lipinski definition) is 1. The number of carbonyl (C=O) groups excluding carboxylic acids is 2. The van der Waals surface area contributed by atoms with E-state index in [1.54, 1.807) is 36.0 Å². The molecule has 3 rings (SSSR count). The lowest BCUT2D eigenvalue weighted by molar-refractivity contribution is -0.113. The van der Waals surface area contributed by atoms with Crippen molar-refractivity contribution < 1.29 is 9.59 Å². The van der Waals surface area contributed by atoms with Crippen molar-refractivity contribution in [3.8, 4) is 0 Å². The Balaban J connectivity index is 1.43. The number of benzene rings is 2. The molecule has 0 aliphatic carbocycles. The molecule has 1 aliphatic heterocycles. The minimum absolute atomic E-state index is 0.0434. The molecule has 1 fully saturated rings. The summed E-state index contributed by atoms with van der Waals surface area (Å²) in [5.74, 6) is 1.17. The van der Waals surface area contributed by atoms with Crippen LogP contribution in [-0.2, 0) is 10.5 Å². The van der Waals surface area contributed by atoms with Gasteiger partial charge in [0.15, 0.2) is 0 Å². The number of amides is 2. The van der Waals surface area contributed by atoms with E-state index in [0.717, 1.165) is 48.5 Å². The second-order valence-electron chi connectivity index (χ2n) is 6.24. The molecule has 1 aliphatic rings. The van der Waals surface area contributed by atoms with Gasteiger partial charge < -0.3 is 10.2 Å². The van der Waals surface area contributed by atoms with Crippen molar-refractivity contribution in [2.75, 3.05) is 24.2 Å². The number of halogens is 1. The Morgan fingerprint density at radius 2 is 1.65 bits per heavy atom. The Morgan fingerprint density at radius 1 is 1.00 bits per heavy atom. The zero-order chi connectivity index (χ0) is 18.4. The molecular formula is C20H21ClN2O2S. The summed E-state index contributed by atoms with van der Waals surface area (Å²) >= 11 is 7.37. The zero-order valence-corrected chi connectivity index (χ0v) is 16.0. The Morgan fingerprint density at radius 3 is 2.31 bits per heavy atom. The molecule has 26 heavy (non-hydrogen) atoms. The average molecular weight is 389 g/mol. The average Bonchev–Trinajstić information content (AvgIpc) is 3.18. The lowest BCUT2D eigenvalue weighted by Gasteiger charge is -2.15. The first-order chi connectivity index (χ1) is 12.6. The molecule has 0 radical (unpaired) electrons. The predicted octanol–water partition coefficient (Wildman–Crippen LogP) is 4.45. The molecule has 6 heteroatoms. The first kappa shape index (κ1) is 18.8. The molecule has 1 N–H and O–H groups in total. The van der Waals surface area contributed by atoms with Gasteiger partial charge in [0.25, 0.3) is 5.91 Å². The molecular weight excluding hydrogens is 368 g/mol. The van der Waals surface area contributed by atoms with Crippen LogP contribution in [0.15, 0.2) is 48.5 Å². The largest absolute Gasteiger partial charge is 0.339 e. The highest BCUT2D eigenvalue weighted by Crippen LogP contribution is 2.17. The van der Waals surface area contributed by atoms with Crippen LogP contribution in [0.3, 0.4) is 0 Å². The lowest BCUT2D eigenvalue weighted by Crippen LogP contribution is -2.27. The molecule has 2 aromatic rings. The number of anilines is 1. The molecule has 136 valence electrons. The van der Waals surface area contributed by atoms with E-state index >= 15 is 0 Å². The van der Waals surface area contributed by atoms with E-state index < -0.39 is 0 Å². The smallest absolute Gasteiger partial charge is 0.253 e. The van der Waals surface area contributed by atoms with Crippen LogP contribution in [0, 0.1) is 0 Å². The van der Waals surface area contributed by atoms with Crippen molar-refractivity contribution in [1.29, 1.82) is 0 Å². The number of hydrogen-bond acceptors (Lipinski definition) is 3. The highest BCUT2D eigenvalue weighted by molar-refractivity contribution is 7.99. The Hall–Kier alpha value is -1.98. The van der Waals surface area contributed by atoms with Crippen molar-refractivity contribution in [2.24, 2.45) is 0 Å². The van der Waals surface area contributed by atoms with Gasteiger partial charge in [-0.05, 0) is 54.8 Å². The quantitative estimate of drug-likeness (QED) is 0.795. The SMILES string of the molecule is O=C(CSCc1ccc(C(=O)N2CCCC2)cc1)Nc1ccc(Cl)cc1. The molecule has 0 saturated carbocycles. The number of rotatable bonds is 6. The van der Waals surface area contributed by atoms with E-state index in [1.165, 1.54) is 0 Å². The van der Waals surface area contributed by atoms with E-state index in [1.807, 2.05) is 29.2 Å². The normalized spacial score (nSPS) is 13.7. The van der Waals surface area contributed by atoms with Crippen LogP contribution < -0.4 is 5.32 Å². The van der Waals surface area contributed by atoms with Gasteiger partial charge in [0.2, 0.25) is 5.91 Å². The number of nitrogens with zero attached hydrogens (tertiary/aromatic N) is 1. The maximum Gasteiger partial charge on any atom is 0.253 e. The Bertz CT molecular complexity index is 756. The molecule has 2 aromatic carbocycles. The predicted molar refractivity (Wildman–Crippen MR) is 108 cm³/mol. The van der Waals surface area contributed by atoms with Gasteiger partial charge in [-0.25, -0.2) is 0 Å². The monoisotopic (exact) mass is 388 g/mol. The van der Waals surface area contributed by atoms with Gasteiger partial charge >= 0.3 is 0 Å². The van der Waals surface area contributed by atoms with E-state index in [4.69, 9.17) is 11.6 Å². The van der Waals surface area contributed by atoms with E-state index in [0.29, 0.717) is 10.8 Å². The van der Waals surface area contributed by atoms with Crippen LogP contribution in [0.5, 0.6) is 0 Å². The van der Waals surface area contributed by atoms with Crippen LogP contribution in [-0.4, -0.2) is 35.6 Å². The number of nitrogens with one attached hydrogen (secondary N) is 1. The molecule has 0 aromatic heterocycles. The third-order valence-corrected chi connectivity index (χ3v) is 5.48. The minimum Gasteiger partial charge on any atom is -0.339 e. The van der Waals surface area contributed by atoms with Gasteiger partial charge in [-0.1, -0.05) is 23.7 Å². The fourth-order valence-corrected chi connectivity index (χ4v) is 3.75. The van der Waals surface area contributed by atoms with E-state index in [9.17, 15) is 9.59 Å². The van der Waals surface area contributed by atoms with Gasteiger partial charge in [-0.2, -0.15) is 0 Å². The Labute approximate surface area is 162 Å².